The monoisotopic (exact) mass is 251 g/mol. The Morgan fingerprint density at radius 2 is 1.94 bits per heavy atom. The molecule has 4 heteroatoms. The van der Waals surface area contributed by atoms with E-state index in [9.17, 15) is 4.79 Å². The van der Waals surface area contributed by atoms with Crippen molar-refractivity contribution >= 4 is 5.91 Å². The number of nitrogens with one attached hydrogen (secondary N) is 1. The Bertz CT molecular complexity index is 329. The molecule has 3 saturated heterocycles. The minimum absolute atomic E-state index is 0.202. The summed E-state index contributed by atoms with van der Waals surface area (Å²) in [6.45, 7) is 6.07. The molecule has 4 nitrogen and oxygen atoms in total. The molecule has 2 bridgehead atoms. The number of carbonyl (C=O) groups is 1. The van der Waals surface area contributed by atoms with Gasteiger partial charge in [0, 0.05) is 31.1 Å². The third-order valence-electron chi connectivity index (χ3n) is 5.37. The predicted molar refractivity (Wildman–Crippen MR) is 71.3 cm³/mol. The van der Waals surface area contributed by atoms with Crippen LogP contribution in [0.15, 0.2) is 0 Å². The van der Waals surface area contributed by atoms with Crippen molar-refractivity contribution in [1.82, 2.24) is 15.1 Å². The van der Waals surface area contributed by atoms with Gasteiger partial charge in [-0.3, -0.25) is 9.69 Å². The Kier molecular flexibility index (Phi) is 3.32. The van der Waals surface area contributed by atoms with E-state index in [4.69, 9.17) is 0 Å². The summed E-state index contributed by atoms with van der Waals surface area (Å²) < 4.78 is 0. The highest BCUT2D eigenvalue weighted by Crippen LogP contribution is 2.29. The summed E-state index contributed by atoms with van der Waals surface area (Å²) in [5, 5.41) is 3.27. The molecule has 0 aromatic heterocycles. The molecule has 0 aliphatic carbocycles. The van der Waals surface area contributed by atoms with Crippen LogP contribution >= 0.6 is 0 Å². The molecule has 0 spiro atoms. The maximum atomic E-state index is 12.5. The fourth-order valence-corrected chi connectivity index (χ4v) is 3.66. The third kappa shape index (κ3) is 2.05. The molecule has 0 radical (unpaired) electrons. The molecule has 102 valence electrons. The molecular formula is C14H25N3O. The van der Waals surface area contributed by atoms with Crippen LogP contribution < -0.4 is 5.32 Å². The minimum Gasteiger partial charge on any atom is -0.341 e. The Hall–Kier alpha value is -0.610. The maximum Gasteiger partial charge on any atom is 0.225 e. The molecule has 3 rings (SSSR count). The summed E-state index contributed by atoms with van der Waals surface area (Å²) in [5.74, 6) is 1.16. The van der Waals surface area contributed by atoms with Crippen LogP contribution in [0, 0.1) is 11.8 Å². The van der Waals surface area contributed by atoms with Gasteiger partial charge in [0.05, 0.1) is 0 Å². The Labute approximate surface area is 110 Å². The number of amides is 1. The second-order valence-corrected chi connectivity index (χ2v) is 6.33. The fraction of sp³-hybridized carbons (Fsp3) is 0.929. The van der Waals surface area contributed by atoms with Gasteiger partial charge in [0.15, 0.2) is 0 Å². The smallest absolute Gasteiger partial charge is 0.225 e. The second kappa shape index (κ2) is 4.82. The van der Waals surface area contributed by atoms with Crippen molar-refractivity contribution in [2.75, 3.05) is 33.2 Å². The van der Waals surface area contributed by atoms with Crippen molar-refractivity contribution in [2.45, 2.75) is 38.3 Å². The number of carbonyl (C=O) groups excluding carboxylic acids is 1. The molecule has 3 unspecified atom stereocenters. The predicted octanol–water partition coefficient (Wildman–Crippen LogP) is 0.537. The first-order valence-electron chi connectivity index (χ1n) is 7.38. The van der Waals surface area contributed by atoms with E-state index >= 15 is 0 Å². The van der Waals surface area contributed by atoms with E-state index < -0.39 is 0 Å². The van der Waals surface area contributed by atoms with Crippen LogP contribution in [0.3, 0.4) is 0 Å². The van der Waals surface area contributed by atoms with Crippen LogP contribution in [-0.2, 0) is 4.79 Å². The van der Waals surface area contributed by atoms with Crippen molar-refractivity contribution in [2.24, 2.45) is 11.8 Å². The number of hydrogen-bond acceptors (Lipinski definition) is 3. The number of nitrogens with zero attached hydrogens (tertiary/aromatic N) is 2. The highest BCUT2D eigenvalue weighted by atomic mass is 16.2. The molecular weight excluding hydrogens is 226 g/mol. The standard InChI is InChI=1S/C14H25N3O/c1-10(11-7-15-8-11)14(18)17-6-5-12-3-4-13(9-17)16(12)2/h10-13,15H,3-9H2,1-2H3. The fourth-order valence-electron chi connectivity index (χ4n) is 3.66. The van der Waals surface area contributed by atoms with Crippen molar-refractivity contribution in [3.8, 4) is 0 Å². The van der Waals surface area contributed by atoms with Crippen LogP contribution in [0.5, 0.6) is 0 Å². The third-order valence-corrected chi connectivity index (χ3v) is 5.37. The van der Waals surface area contributed by atoms with Crippen LogP contribution in [0.1, 0.15) is 26.2 Å². The topological polar surface area (TPSA) is 35.6 Å². The molecule has 1 amide bonds. The van der Waals surface area contributed by atoms with Gasteiger partial charge in [-0.25, -0.2) is 0 Å². The number of likely N-dealkylation sites (tertiary alicyclic amines) is 1. The molecule has 0 aromatic rings. The SMILES string of the molecule is CC(C(=O)N1CCC2CCC(C1)N2C)C1CNC1. The summed E-state index contributed by atoms with van der Waals surface area (Å²) in [7, 11) is 2.23. The largest absolute Gasteiger partial charge is 0.341 e. The van der Waals surface area contributed by atoms with Crippen molar-refractivity contribution in [1.29, 1.82) is 0 Å². The van der Waals surface area contributed by atoms with E-state index in [2.05, 4.69) is 29.1 Å². The lowest BCUT2D eigenvalue weighted by Crippen LogP contribution is -2.51. The van der Waals surface area contributed by atoms with E-state index in [1.807, 2.05) is 0 Å². The number of fused-ring (bicyclic) bond motifs is 2. The quantitative estimate of drug-likeness (QED) is 0.778. The molecule has 0 aromatic carbocycles. The molecule has 3 fully saturated rings. The average Bonchev–Trinajstić information content (AvgIpc) is 2.50. The van der Waals surface area contributed by atoms with E-state index in [1.165, 1.54) is 12.8 Å². The van der Waals surface area contributed by atoms with Gasteiger partial charge in [0.1, 0.15) is 0 Å². The summed E-state index contributed by atoms with van der Waals surface area (Å²) in [4.78, 5) is 17.2. The maximum absolute atomic E-state index is 12.5. The normalized spacial score (nSPS) is 35.1. The first-order valence-corrected chi connectivity index (χ1v) is 7.38. The van der Waals surface area contributed by atoms with Gasteiger partial charge in [-0.1, -0.05) is 6.92 Å². The zero-order valence-electron chi connectivity index (χ0n) is 11.6. The van der Waals surface area contributed by atoms with E-state index in [0.717, 1.165) is 32.6 Å². The number of likely N-dealkylation sites (N-methyl/N-ethyl adjacent to an activating group) is 1. The lowest BCUT2D eigenvalue weighted by atomic mass is 9.87. The van der Waals surface area contributed by atoms with Crippen molar-refractivity contribution in [3.63, 3.8) is 0 Å². The summed E-state index contributed by atoms with van der Waals surface area (Å²) in [6.07, 6.45) is 3.75. The zero-order valence-corrected chi connectivity index (χ0v) is 11.6. The zero-order chi connectivity index (χ0) is 12.7. The van der Waals surface area contributed by atoms with E-state index in [1.54, 1.807) is 0 Å². The highest BCUT2D eigenvalue weighted by Gasteiger charge is 2.38. The van der Waals surface area contributed by atoms with Gasteiger partial charge in [-0.05, 0) is 45.3 Å². The highest BCUT2D eigenvalue weighted by molar-refractivity contribution is 5.79. The van der Waals surface area contributed by atoms with Crippen molar-refractivity contribution in [3.05, 3.63) is 0 Å². The molecule has 3 aliphatic heterocycles. The summed E-state index contributed by atoms with van der Waals surface area (Å²) in [5.41, 5.74) is 0. The lowest BCUT2D eigenvalue weighted by molar-refractivity contribution is -0.137. The first kappa shape index (κ1) is 12.4. The average molecular weight is 251 g/mol. The first-order chi connectivity index (χ1) is 8.66. The Morgan fingerprint density at radius 1 is 1.22 bits per heavy atom. The van der Waals surface area contributed by atoms with Gasteiger partial charge in [0.2, 0.25) is 5.91 Å². The van der Waals surface area contributed by atoms with Crippen LogP contribution in [0.4, 0.5) is 0 Å². The van der Waals surface area contributed by atoms with Gasteiger partial charge in [0.25, 0.3) is 0 Å². The lowest BCUT2D eigenvalue weighted by Gasteiger charge is -2.35. The van der Waals surface area contributed by atoms with Crippen LogP contribution in [-0.4, -0.2) is 61.0 Å². The van der Waals surface area contributed by atoms with Gasteiger partial charge >= 0.3 is 0 Å². The Morgan fingerprint density at radius 3 is 2.61 bits per heavy atom. The Balaban J connectivity index is 1.63. The number of hydrogen-bond donors (Lipinski definition) is 1. The van der Waals surface area contributed by atoms with Crippen molar-refractivity contribution < 1.29 is 4.79 Å². The summed E-state index contributed by atoms with van der Waals surface area (Å²) >= 11 is 0. The molecule has 3 atom stereocenters. The minimum atomic E-state index is 0.202. The van der Waals surface area contributed by atoms with Gasteiger partial charge in [-0.15, -0.1) is 0 Å². The van der Waals surface area contributed by atoms with E-state index in [0.29, 0.717) is 23.9 Å². The molecule has 3 heterocycles. The van der Waals surface area contributed by atoms with Gasteiger partial charge in [-0.2, -0.15) is 0 Å². The van der Waals surface area contributed by atoms with Crippen LogP contribution in [0.25, 0.3) is 0 Å². The van der Waals surface area contributed by atoms with E-state index in [-0.39, 0.29) is 5.92 Å². The molecule has 1 N–H and O–H groups in total. The second-order valence-electron chi connectivity index (χ2n) is 6.33. The summed E-state index contributed by atoms with van der Waals surface area (Å²) in [6, 6.07) is 1.32. The molecule has 18 heavy (non-hydrogen) atoms. The van der Waals surface area contributed by atoms with Crippen LogP contribution in [0.2, 0.25) is 0 Å². The van der Waals surface area contributed by atoms with Gasteiger partial charge < -0.3 is 10.2 Å². The molecule has 3 aliphatic rings. The number of rotatable bonds is 2. The molecule has 0 saturated carbocycles.